The Labute approximate surface area is 118 Å². The van der Waals surface area contributed by atoms with Gasteiger partial charge in [0.05, 0.1) is 10.8 Å². The molecule has 0 spiro atoms. The summed E-state index contributed by atoms with van der Waals surface area (Å²) in [6, 6.07) is 3.09. The number of aryl methyl sites for hydroxylation is 2. The topological polar surface area (TPSA) is 98.3 Å². The monoisotopic (exact) mass is 279 g/mol. The summed E-state index contributed by atoms with van der Waals surface area (Å²) >= 11 is 0. The fourth-order valence-electron chi connectivity index (χ4n) is 2.04. The summed E-state index contributed by atoms with van der Waals surface area (Å²) in [4.78, 5) is 22.6. The van der Waals surface area contributed by atoms with Gasteiger partial charge in [-0.25, -0.2) is 0 Å². The molecule has 6 heteroatoms. The molecule has 1 amide bonds. The SMILES string of the molecule is Cc1cc([N+](=O)[O-])c(C)cc1NC(=O)C(CN)C(C)C. The number of hydrogen-bond acceptors (Lipinski definition) is 4. The molecule has 110 valence electrons. The van der Waals surface area contributed by atoms with Gasteiger partial charge in [0, 0.05) is 23.9 Å². The Bertz CT molecular complexity index is 527. The van der Waals surface area contributed by atoms with Crippen molar-refractivity contribution in [3.8, 4) is 0 Å². The molecule has 1 aromatic carbocycles. The number of amides is 1. The van der Waals surface area contributed by atoms with Crippen LogP contribution in [0.2, 0.25) is 0 Å². The van der Waals surface area contributed by atoms with E-state index in [0.29, 0.717) is 16.8 Å². The number of nitrogens with two attached hydrogens (primary N) is 1. The molecule has 20 heavy (non-hydrogen) atoms. The van der Waals surface area contributed by atoms with Crippen LogP contribution >= 0.6 is 0 Å². The number of nitro benzene ring substituents is 1. The van der Waals surface area contributed by atoms with Gasteiger partial charge in [0.2, 0.25) is 5.91 Å². The van der Waals surface area contributed by atoms with Crippen molar-refractivity contribution < 1.29 is 9.72 Å². The molecule has 3 N–H and O–H groups in total. The molecule has 1 aromatic rings. The van der Waals surface area contributed by atoms with Crippen LogP contribution in [-0.2, 0) is 4.79 Å². The number of carbonyl (C=O) groups excluding carboxylic acids is 1. The van der Waals surface area contributed by atoms with Crippen LogP contribution in [0.5, 0.6) is 0 Å². The van der Waals surface area contributed by atoms with Gasteiger partial charge in [-0.05, 0) is 31.4 Å². The molecule has 0 heterocycles. The molecular weight excluding hydrogens is 258 g/mol. The lowest BCUT2D eigenvalue weighted by atomic mass is 9.95. The largest absolute Gasteiger partial charge is 0.330 e. The van der Waals surface area contributed by atoms with Crippen molar-refractivity contribution in [2.75, 3.05) is 11.9 Å². The lowest BCUT2D eigenvalue weighted by Gasteiger charge is -2.19. The Hall–Kier alpha value is -1.95. The van der Waals surface area contributed by atoms with E-state index in [0.717, 1.165) is 0 Å². The summed E-state index contributed by atoms with van der Waals surface area (Å²) in [6.07, 6.45) is 0. The van der Waals surface area contributed by atoms with E-state index >= 15 is 0 Å². The maximum absolute atomic E-state index is 12.1. The number of rotatable bonds is 5. The summed E-state index contributed by atoms with van der Waals surface area (Å²) in [7, 11) is 0. The first-order valence-electron chi connectivity index (χ1n) is 6.54. The molecule has 0 radical (unpaired) electrons. The highest BCUT2D eigenvalue weighted by Crippen LogP contribution is 2.26. The van der Waals surface area contributed by atoms with E-state index in [1.165, 1.54) is 6.07 Å². The summed E-state index contributed by atoms with van der Waals surface area (Å²) in [5.41, 5.74) is 7.44. The number of nitro groups is 1. The number of nitrogens with one attached hydrogen (secondary N) is 1. The molecule has 0 fully saturated rings. The summed E-state index contributed by atoms with van der Waals surface area (Å²) in [5, 5.41) is 13.7. The van der Waals surface area contributed by atoms with Gasteiger partial charge in [-0.3, -0.25) is 14.9 Å². The lowest BCUT2D eigenvalue weighted by molar-refractivity contribution is -0.385. The predicted octanol–water partition coefficient (Wildman–Crippen LogP) is 2.38. The summed E-state index contributed by atoms with van der Waals surface area (Å²) < 4.78 is 0. The van der Waals surface area contributed by atoms with E-state index in [1.54, 1.807) is 19.9 Å². The zero-order valence-electron chi connectivity index (χ0n) is 12.3. The first-order chi connectivity index (χ1) is 9.27. The Kier molecular flexibility index (Phi) is 5.21. The molecule has 1 unspecified atom stereocenters. The highest BCUT2D eigenvalue weighted by atomic mass is 16.6. The summed E-state index contributed by atoms with van der Waals surface area (Å²) in [5.74, 6) is -0.289. The van der Waals surface area contributed by atoms with Crippen molar-refractivity contribution in [1.29, 1.82) is 0 Å². The van der Waals surface area contributed by atoms with Gasteiger partial charge in [0.25, 0.3) is 5.69 Å². The minimum Gasteiger partial charge on any atom is -0.330 e. The number of benzene rings is 1. The Morgan fingerprint density at radius 2 is 1.95 bits per heavy atom. The van der Waals surface area contributed by atoms with Gasteiger partial charge in [0.1, 0.15) is 0 Å². The molecule has 0 saturated carbocycles. The van der Waals surface area contributed by atoms with Crippen LogP contribution in [0, 0.1) is 35.8 Å². The van der Waals surface area contributed by atoms with Gasteiger partial charge in [0.15, 0.2) is 0 Å². The molecule has 6 nitrogen and oxygen atoms in total. The Morgan fingerprint density at radius 1 is 1.35 bits per heavy atom. The van der Waals surface area contributed by atoms with Crippen molar-refractivity contribution >= 4 is 17.3 Å². The third kappa shape index (κ3) is 3.54. The van der Waals surface area contributed by atoms with Crippen LogP contribution in [0.1, 0.15) is 25.0 Å². The van der Waals surface area contributed by atoms with Crippen LogP contribution in [0.15, 0.2) is 12.1 Å². The average molecular weight is 279 g/mol. The maximum atomic E-state index is 12.1. The fourth-order valence-corrected chi connectivity index (χ4v) is 2.04. The van der Waals surface area contributed by atoms with Crippen molar-refractivity contribution in [3.05, 3.63) is 33.4 Å². The standard InChI is InChI=1S/C14H21N3O3/c1-8(2)11(7-15)14(18)16-12-5-10(4)13(17(19)20)6-9(12)3/h5-6,8,11H,7,15H2,1-4H3,(H,16,18). The minimum absolute atomic E-state index is 0.0553. The van der Waals surface area contributed by atoms with Crippen molar-refractivity contribution in [3.63, 3.8) is 0 Å². The van der Waals surface area contributed by atoms with E-state index in [2.05, 4.69) is 5.32 Å². The van der Waals surface area contributed by atoms with Crippen molar-refractivity contribution in [2.45, 2.75) is 27.7 Å². The van der Waals surface area contributed by atoms with Crippen LogP contribution in [0.25, 0.3) is 0 Å². The van der Waals surface area contributed by atoms with Crippen LogP contribution < -0.4 is 11.1 Å². The smallest absolute Gasteiger partial charge is 0.272 e. The molecule has 1 atom stereocenters. The molecule has 0 aromatic heterocycles. The number of anilines is 1. The molecule has 0 aliphatic heterocycles. The number of carbonyl (C=O) groups is 1. The maximum Gasteiger partial charge on any atom is 0.272 e. The third-order valence-corrected chi connectivity index (χ3v) is 3.39. The molecule has 1 rings (SSSR count). The van der Waals surface area contributed by atoms with Crippen LogP contribution in [-0.4, -0.2) is 17.4 Å². The normalized spacial score (nSPS) is 12.3. The van der Waals surface area contributed by atoms with E-state index in [9.17, 15) is 14.9 Å². The van der Waals surface area contributed by atoms with Gasteiger partial charge in [-0.2, -0.15) is 0 Å². The zero-order valence-corrected chi connectivity index (χ0v) is 12.3. The molecule has 0 bridgehead atoms. The Morgan fingerprint density at radius 3 is 2.40 bits per heavy atom. The quantitative estimate of drug-likeness (QED) is 0.638. The number of hydrogen-bond donors (Lipinski definition) is 2. The average Bonchev–Trinajstić information content (AvgIpc) is 2.33. The van der Waals surface area contributed by atoms with Crippen LogP contribution in [0.4, 0.5) is 11.4 Å². The van der Waals surface area contributed by atoms with E-state index in [-0.39, 0.29) is 30.0 Å². The second-order valence-electron chi connectivity index (χ2n) is 5.29. The van der Waals surface area contributed by atoms with E-state index in [4.69, 9.17) is 5.73 Å². The van der Waals surface area contributed by atoms with Crippen molar-refractivity contribution in [2.24, 2.45) is 17.6 Å². The third-order valence-electron chi connectivity index (χ3n) is 3.39. The van der Waals surface area contributed by atoms with Crippen molar-refractivity contribution in [1.82, 2.24) is 0 Å². The second kappa shape index (κ2) is 6.47. The second-order valence-corrected chi connectivity index (χ2v) is 5.29. The van der Waals surface area contributed by atoms with E-state index < -0.39 is 4.92 Å². The van der Waals surface area contributed by atoms with Gasteiger partial charge in [-0.15, -0.1) is 0 Å². The fraction of sp³-hybridized carbons (Fsp3) is 0.500. The molecule has 0 saturated heterocycles. The first-order valence-corrected chi connectivity index (χ1v) is 6.54. The molecule has 0 aliphatic rings. The zero-order chi connectivity index (χ0) is 15.4. The van der Waals surface area contributed by atoms with Gasteiger partial charge >= 0.3 is 0 Å². The lowest BCUT2D eigenvalue weighted by Crippen LogP contribution is -2.33. The highest BCUT2D eigenvalue weighted by Gasteiger charge is 2.22. The van der Waals surface area contributed by atoms with E-state index in [1.807, 2.05) is 13.8 Å². The molecular formula is C14H21N3O3. The summed E-state index contributed by atoms with van der Waals surface area (Å²) in [6.45, 7) is 7.52. The number of nitrogens with zero attached hydrogens (tertiary/aromatic N) is 1. The molecule has 0 aliphatic carbocycles. The highest BCUT2D eigenvalue weighted by molar-refractivity contribution is 5.93. The Balaban J connectivity index is 3.02. The predicted molar refractivity (Wildman–Crippen MR) is 78.6 cm³/mol. The first kappa shape index (κ1) is 16.1. The van der Waals surface area contributed by atoms with Crippen LogP contribution in [0.3, 0.4) is 0 Å². The minimum atomic E-state index is -0.426. The van der Waals surface area contributed by atoms with Gasteiger partial charge in [-0.1, -0.05) is 13.8 Å². The van der Waals surface area contributed by atoms with Gasteiger partial charge < -0.3 is 11.1 Å².